The Labute approximate surface area is 170 Å². The van der Waals surface area contributed by atoms with Gasteiger partial charge < -0.3 is 0 Å². The van der Waals surface area contributed by atoms with E-state index in [1.54, 1.807) is 24.4 Å². The summed E-state index contributed by atoms with van der Waals surface area (Å²) in [4.78, 5) is 28.0. The monoisotopic (exact) mass is 404 g/mol. The van der Waals surface area contributed by atoms with Crippen molar-refractivity contribution in [3.8, 4) is 16.3 Å². The third-order valence-electron chi connectivity index (χ3n) is 4.43. The van der Waals surface area contributed by atoms with Gasteiger partial charge in [-0.25, -0.2) is 13.8 Å². The molecule has 0 aliphatic heterocycles. The van der Waals surface area contributed by atoms with Crippen molar-refractivity contribution in [1.82, 2.24) is 9.13 Å². The highest BCUT2D eigenvalue weighted by Crippen LogP contribution is 2.28. The highest BCUT2D eigenvalue weighted by atomic mass is 32.1. The minimum Gasteiger partial charge on any atom is -0.269 e. The van der Waals surface area contributed by atoms with Crippen molar-refractivity contribution in [2.24, 2.45) is 0 Å². The summed E-state index contributed by atoms with van der Waals surface area (Å²) in [6.07, 6.45) is 4.58. The van der Waals surface area contributed by atoms with E-state index in [1.807, 2.05) is 49.4 Å². The van der Waals surface area contributed by atoms with Crippen molar-refractivity contribution in [2.75, 3.05) is 0 Å². The predicted molar refractivity (Wildman–Crippen MR) is 114 cm³/mol. The molecule has 0 N–H and O–H groups in total. The van der Waals surface area contributed by atoms with E-state index in [0.29, 0.717) is 16.9 Å². The molecule has 0 unspecified atom stereocenters. The van der Waals surface area contributed by atoms with Gasteiger partial charge in [0.15, 0.2) is 0 Å². The number of carbonyl (C=O) groups excluding carboxylic acids is 1. The van der Waals surface area contributed by atoms with Crippen molar-refractivity contribution >= 4 is 23.3 Å². The third kappa shape index (κ3) is 3.88. The van der Waals surface area contributed by atoms with Crippen LogP contribution < -0.4 is 5.69 Å². The Morgan fingerprint density at radius 3 is 2.38 bits per heavy atom. The SMILES string of the molecule is Cc1ccc(-c2cn(-c3ccccc3)c(=O)n2C(=O)/C=C/c2ccc(F)cc2)s1. The quantitative estimate of drug-likeness (QED) is 0.441. The van der Waals surface area contributed by atoms with Gasteiger partial charge in [0.2, 0.25) is 0 Å². The van der Waals surface area contributed by atoms with Crippen molar-refractivity contribution in [3.05, 3.63) is 106 Å². The number of hydrogen-bond acceptors (Lipinski definition) is 3. The van der Waals surface area contributed by atoms with Gasteiger partial charge in [0.25, 0.3) is 5.91 Å². The number of benzene rings is 2. The zero-order valence-electron chi connectivity index (χ0n) is 15.6. The van der Waals surface area contributed by atoms with Crippen molar-refractivity contribution in [2.45, 2.75) is 6.92 Å². The van der Waals surface area contributed by atoms with Gasteiger partial charge in [0.05, 0.1) is 16.3 Å². The molecule has 0 aliphatic carbocycles. The van der Waals surface area contributed by atoms with Crippen LogP contribution in [0.15, 0.2) is 83.8 Å². The Morgan fingerprint density at radius 2 is 1.72 bits per heavy atom. The van der Waals surface area contributed by atoms with Crippen molar-refractivity contribution in [1.29, 1.82) is 0 Å². The van der Waals surface area contributed by atoms with Crippen LogP contribution in [0.3, 0.4) is 0 Å². The number of halogens is 1. The number of nitrogens with zero attached hydrogens (tertiary/aromatic N) is 2. The molecule has 144 valence electrons. The molecule has 2 heterocycles. The maximum Gasteiger partial charge on any atom is 0.340 e. The normalized spacial score (nSPS) is 11.2. The highest BCUT2D eigenvalue weighted by molar-refractivity contribution is 7.15. The van der Waals surface area contributed by atoms with E-state index in [0.717, 1.165) is 14.3 Å². The lowest BCUT2D eigenvalue weighted by molar-refractivity contribution is 0.0967. The van der Waals surface area contributed by atoms with Gasteiger partial charge in [-0.1, -0.05) is 30.3 Å². The second kappa shape index (κ2) is 7.85. The highest BCUT2D eigenvalue weighted by Gasteiger charge is 2.19. The Kier molecular flexibility index (Phi) is 5.10. The van der Waals surface area contributed by atoms with Crippen molar-refractivity contribution < 1.29 is 9.18 Å². The van der Waals surface area contributed by atoms with Crippen LogP contribution in [0.2, 0.25) is 0 Å². The number of carbonyl (C=O) groups is 1. The number of hydrogen-bond donors (Lipinski definition) is 0. The summed E-state index contributed by atoms with van der Waals surface area (Å²) < 4.78 is 15.7. The number of rotatable bonds is 4. The van der Waals surface area contributed by atoms with Gasteiger partial charge in [0, 0.05) is 17.2 Å². The van der Waals surface area contributed by atoms with E-state index in [1.165, 1.54) is 34.1 Å². The van der Waals surface area contributed by atoms with Gasteiger partial charge in [-0.3, -0.25) is 9.36 Å². The molecule has 0 bridgehead atoms. The first-order valence-electron chi connectivity index (χ1n) is 8.97. The van der Waals surface area contributed by atoms with Gasteiger partial charge in [-0.15, -0.1) is 11.3 Å². The third-order valence-corrected chi connectivity index (χ3v) is 5.45. The molecule has 4 aromatic rings. The number of allylic oxidation sites excluding steroid dienone is 1. The molecule has 0 fully saturated rings. The summed E-state index contributed by atoms with van der Waals surface area (Å²) in [5.41, 5.74) is 1.45. The molecule has 4 rings (SSSR count). The number of thiophene rings is 1. The Morgan fingerprint density at radius 1 is 1.00 bits per heavy atom. The Bertz CT molecular complexity index is 1250. The first kappa shape index (κ1) is 18.8. The number of aryl methyl sites for hydroxylation is 1. The predicted octanol–water partition coefficient (Wildman–Crippen LogP) is 5.17. The van der Waals surface area contributed by atoms with E-state index in [4.69, 9.17) is 0 Å². The molecular formula is C23H17FN2O2S. The van der Waals surface area contributed by atoms with E-state index in [-0.39, 0.29) is 5.82 Å². The molecule has 0 amide bonds. The molecule has 0 spiro atoms. The summed E-state index contributed by atoms with van der Waals surface area (Å²) in [7, 11) is 0. The van der Waals surface area contributed by atoms with Crippen LogP contribution >= 0.6 is 11.3 Å². The van der Waals surface area contributed by atoms with Gasteiger partial charge >= 0.3 is 5.69 Å². The van der Waals surface area contributed by atoms with Gasteiger partial charge in [0.1, 0.15) is 5.82 Å². The molecule has 4 nitrogen and oxygen atoms in total. The Balaban J connectivity index is 1.80. The fourth-order valence-corrected chi connectivity index (χ4v) is 3.86. The fraction of sp³-hybridized carbons (Fsp3) is 0.0435. The van der Waals surface area contributed by atoms with E-state index in [2.05, 4.69) is 0 Å². The van der Waals surface area contributed by atoms with Crippen LogP contribution in [0.5, 0.6) is 0 Å². The van der Waals surface area contributed by atoms with Crippen molar-refractivity contribution in [3.63, 3.8) is 0 Å². The lowest BCUT2D eigenvalue weighted by Crippen LogP contribution is -2.27. The maximum atomic E-state index is 13.1. The fourth-order valence-electron chi connectivity index (χ4n) is 2.99. The lowest BCUT2D eigenvalue weighted by atomic mass is 10.2. The average molecular weight is 404 g/mol. The molecule has 29 heavy (non-hydrogen) atoms. The summed E-state index contributed by atoms with van der Waals surface area (Å²) in [6.45, 7) is 1.97. The summed E-state index contributed by atoms with van der Waals surface area (Å²) in [6, 6.07) is 18.8. The summed E-state index contributed by atoms with van der Waals surface area (Å²) in [5.74, 6) is -0.810. The second-order valence-corrected chi connectivity index (χ2v) is 7.76. The molecule has 0 saturated heterocycles. The first-order chi connectivity index (χ1) is 14.0. The summed E-state index contributed by atoms with van der Waals surface area (Å²) >= 11 is 1.51. The number of para-hydroxylation sites is 1. The van der Waals surface area contributed by atoms with Crippen LogP contribution in [0, 0.1) is 12.7 Å². The topological polar surface area (TPSA) is 44.0 Å². The molecule has 2 aromatic carbocycles. The van der Waals surface area contributed by atoms with Gasteiger partial charge in [-0.05, 0) is 55.0 Å². The average Bonchev–Trinajstić information content (AvgIpc) is 3.31. The molecule has 0 saturated carbocycles. The smallest absolute Gasteiger partial charge is 0.269 e. The summed E-state index contributed by atoms with van der Waals surface area (Å²) in [5, 5.41) is 0. The molecule has 2 aromatic heterocycles. The maximum absolute atomic E-state index is 13.1. The van der Waals surface area contributed by atoms with Crippen LogP contribution in [0.1, 0.15) is 15.2 Å². The van der Waals surface area contributed by atoms with Crippen LogP contribution in [0.25, 0.3) is 22.3 Å². The van der Waals surface area contributed by atoms with Crippen LogP contribution in [-0.4, -0.2) is 15.0 Å². The number of imidazole rings is 1. The van der Waals surface area contributed by atoms with E-state index >= 15 is 0 Å². The minimum absolute atomic E-state index is 0.347. The van der Waals surface area contributed by atoms with E-state index in [9.17, 15) is 14.0 Å². The zero-order chi connectivity index (χ0) is 20.4. The second-order valence-electron chi connectivity index (χ2n) is 6.47. The molecule has 0 radical (unpaired) electrons. The van der Waals surface area contributed by atoms with Gasteiger partial charge in [-0.2, -0.15) is 0 Å². The minimum atomic E-state index is -0.463. The molecular weight excluding hydrogens is 387 g/mol. The zero-order valence-corrected chi connectivity index (χ0v) is 16.4. The van der Waals surface area contributed by atoms with Crippen LogP contribution in [0.4, 0.5) is 4.39 Å². The molecule has 6 heteroatoms. The standard InChI is InChI=1S/C23H17FN2O2S/c1-16-7-13-21(29-16)20-15-25(19-5-3-2-4-6-19)23(28)26(20)22(27)14-10-17-8-11-18(24)12-9-17/h2-15H,1H3/b14-10+. The number of aromatic nitrogens is 2. The largest absolute Gasteiger partial charge is 0.340 e. The first-order valence-corrected chi connectivity index (χ1v) is 9.79. The molecule has 0 atom stereocenters. The lowest BCUT2D eigenvalue weighted by Gasteiger charge is -2.01. The van der Waals surface area contributed by atoms with Crippen LogP contribution in [-0.2, 0) is 0 Å². The molecule has 0 aliphatic rings. The van der Waals surface area contributed by atoms with E-state index < -0.39 is 11.6 Å². The Hall–Kier alpha value is -3.51.